The summed E-state index contributed by atoms with van der Waals surface area (Å²) in [6.45, 7) is 0. The molecule has 0 bridgehead atoms. The monoisotopic (exact) mass is 1320 g/mol. The Kier molecular flexibility index (Phi) is 10.6. The predicted octanol–water partition coefficient (Wildman–Crippen LogP) is 24.1. The van der Waals surface area contributed by atoms with Crippen LogP contribution in [0.1, 0.15) is 22.6 Å². The molecule has 23 aromatic rings. The maximum Gasteiger partial charge on any atom is 0.237 e. The van der Waals surface area contributed by atoms with E-state index >= 15 is 0 Å². The standard InChI is InChI=1S/C96H54N8/c1-2-21-54(22-3-1)93-97-78-34-16-12-31-67(78)94(99-93)103-85-50-61-44-57(38-39-58(61)46-72(85)76-51-74-65-29-11-10-28-64(65)73-47-60-25-7-9-27-63(60)88(87(73)74)90(76)103)59-40-42-70-83(49-59)101-80-36-18-14-30-66(80)75-52-77-71-45-55-23-4-5-24-56(55)48-84(71)104(92(77)89(70)91(75)101)95-68-32-13-17-35-79(68)98-96(100-95)102-81-37-19-15-33-69(81)86-62-26-8-6-20-53(62)41-43-82(86)102/h1-46,48-52,73H,47H2. The fourth-order valence-corrected chi connectivity index (χ4v) is 19.1. The first-order chi connectivity index (χ1) is 51.6. The molecule has 478 valence electrons. The second-order valence-electron chi connectivity index (χ2n) is 28.7. The molecule has 0 spiro atoms. The largest absolute Gasteiger partial charge is 0.308 e. The zero-order valence-corrected chi connectivity index (χ0v) is 55.8. The number of nitrogens with zero attached hydrogens (tertiary/aromatic N) is 8. The van der Waals surface area contributed by atoms with Crippen molar-refractivity contribution in [3.63, 3.8) is 0 Å². The van der Waals surface area contributed by atoms with E-state index in [-0.39, 0.29) is 5.92 Å². The summed E-state index contributed by atoms with van der Waals surface area (Å²) >= 11 is 0. The molecule has 0 saturated heterocycles. The SMILES string of the molecule is c1ccc(-c2nc(-n3c4cc5cc(-c6ccc7c8c9c(cc%10c%11ccccc%11n(c7c6)c%108)c6cc7ccccc7cc6n9-c6nc(-n7c8ccccc8c8c9ccccc9ccc87)nc7ccccc67)ccc5cc4c4cc5c6c(c43)-c3ccccc3CC6c3ccccc3-5)c3ccccc3n2)cc1. The molecule has 0 aliphatic heterocycles. The summed E-state index contributed by atoms with van der Waals surface area (Å²) in [6, 6.07) is 114. The number of rotatable bonds is 5. The summed E-state index contributed by atoms with van der Waals surface area (Å²) in [5.74, 6) is 3.24. The molecule has 7 heterocycles. The van der Waals surface area contributed by atoms with Crippen LogP contribution in [0, 0.1) is 0 Å². The van der Waals surface area contributed by atoms with Gasteiger partial charge in [0.2, 0.25) is 5.95 Å². The molecule has 104 heavy (non-hydrogen) atoms. The van der Waals surface area contributed by atoms with Crippen molar-refractivity contribution in [1.82, 2.24) is 38.0 Å². The fourth-order valence-electron chi connectivity index (χ4n) is 19.1. The topological polar surface area (TPSA) is 70.8 Å². The second kappa shape index (κ2) is 20.0. The summed E-state index contributed by atoms with van der Waals surface area (Å²) < 4.78 is 9.84. The van der Waals surface area contributed by atoms with Crippen LogP contribution in [0.5, 0.6) is 0 Å². The zero-order valence-electron chi connectivity index (χ0n) is 55.8. The van der Waals surface area contributed by atoms with E-state index < -0.39 is 0 Å². The van der Waals surface area contributed by atoms with Gasteiger partial charge in [0.1, 0.15) is 5.82 Å². The van der Waals surface area contributed by atoms with Crippen LogP contribution in [0.15, 0.2) is 309 Å². The summed E-state index contributed by atoms with van der Waals surface area (Å²) in [4.78, 5) is 22.5. The molecule has 25 rings (SSSR count). The van der Waals surface area contributed by atoms with E-state index in [2.05, 4.69) is 327 Å². The van der Waals surface area contributed by atoms with Gasteiger partial charge in [-0.1, -0.05) is 218 Å². The van der Waals surface area contributed by atoms with E-state index in [1.54, 1.807) is 0 Å². The van der Waals surface area contributed by atoms with Gasteiger partial charge in [0.25, 0.3) is 0 Å². The van der Waals surface area contributed by atoms with Crippen molar-refractivity contribution in [3.05, 3.63) is 326 Å². The minimum atomic E-state index is 0.232. The first-order valence-electron chi connectivity index (χ1n) is 35.9. The van der Waals surface area contributed by atoms with Gasteiger partial charge in [-0.25, -0.2) is 15.0 Å². The van der Waals surface area contributed by atoms with Gasteiger partial charge in [0, 0.05) is 81.7 Å². The third-order valence-electron chi connectivity index (χ3n) is 23.5. The molecule has 1 unspecified atom stereocenters. The molecular weight excluding hydrogens is 1270 g/mol. The Hall–Kier alpha value is -13.8. The number of fused-ring (bicyclic) bond motifs is 28. The van der Waals surface area contributed by atoms with Crippen LogP contribution in [0.2, 0.25) is 0 Å². The van der Waals surface area contributed by atoms with E-state index in [4.69, 9.17) is 19.9 Å². The maximum absolute atomic E-state index is 5.93. The van der Waals surface area contributed by atoms with Crippen molar-refractivity contribution in [2.24, 2.45) is 0 Å². The van der Waals surface area contributed by atoms with Crippen LogP contribution in [-0.2, 0) is 6.42 Å². The Balaban J connectivity index is 0.753. The third kappa shape index (κ3) is 7.20. The molecule has 0 N–H and O–H groups in total. The summed E-state index contributed by atoms with van der Waals surface area (Å²) in [6.07, 6.45) is 0.956. The molecule has 8 heteroatoms. The number of hydrogen-bond acceptors (Lipinski definition) is 4. The highest BCUT2D eigenvalue weighted by Gasteiger charge is 2.39. The van der Waals surface area contributed by atoms with Gasteiger partial charge in [0.15, 0.2) is 11.6 Å². The third-order valence-corrected chi connectivity index (χ3v) is 23.5. The summed E-state index contributed by atoms with van der Waals surface area (Å²) in [5, 5.41) is 20.9. The Bertz CT molecular complexity index is 7840. The molecule has 16 aromatic carbocycles. The van der Waals surface area contributed by atoms with E-state index in [1.807, 2.05) is 0 Å². The normalized spacial score (nSPS) is 13.6. The van der Waals surface area contributed by atoms with E-state index in [0.29, 0.717) is 11.8 Å². The van der Waals surface area contributed by atoms with Gasteiger partial charge in [-0.05, 0) is 174 Å². The lowest BCUT2D eigenvalue weighted by Gasteiger charge is -2.27. The van der Waals surface area contributed by atoms with Gasteiger partial charge in [0.05, 0.1) is 60.7 Å². The second-order valence-corrected chi connectivity index (χ2v) is 28.7. The van der Waals surface area contributed by atoms with E-state index in [9.17, 15) is 0 Å². The number of hydrogen-bond donors (Lipinski definition) is 0. The minimum absolute atomic E-state index is 0.232. The average molecular weight is 1320 g/mol. The van der Waals surface area contributed by atoms with Crippen LogP contribution >= 0.6 is 0 Å². The van der Waals surface area contributed by atoms with E-state index in [1.165, 1.54) is 136 Å². The van der Waals surface area contributed by atoms with Crippen LogP contribution < -0.4 is 0 Å². The highest BCUT2D eigenvalue weighted by atomic mass is 15.2. The Morgan fingerprint density at radius 1 is 0.279 bits per heavy atom. The zero-order chi connectivity index (χ0) is 67.3. The highest BCUT2D eigenvalue weighted by molar-refractivity contribution is 6.35. The van der Waals surface area contributed by atoms with Gasteiger partial charge in [-0.15, -0.1) is 0 Å². The molecule has 7 aromatic heterocycles. The van der Waals surface area contributed by atoms with Crippen molar-refractivity contribution in [1.29, 1.82) is 0 Å². The molecule has 0 fully saturated rings. The van der Waals surface area contributed by atoms with Crippen LogP contribution in [-0.4, -0.2) is 38.0 Å². The minimum Gasteiger partial charge on any atom is -0.308 e. The number of aromatic nitrogens is 8. The molecular formula is C96H54N8. The summed E-state index contributed by atoms with van der Waals surface area (Å²) in [7, 11) is 0. The first-order valence-corrected chi connectivity index (χ1v) is 35.9. The maximum atomic E-state index is 5.93. The molecule has 8 nitrogen and oxygen atoms in total. The van der Waals surface area contributed by atoms with Crippen molar-refractivity contribution >= 4 is 158 Å². The molecule has 2 aliphatic rings. The Morgan fingerprint density at radius 2 is 0.865 bits per heavy atom. The van der Waals surface area contributed by atoms with Gasteiger partial charge in [-0.2, -0.15) is 4.98 Å². The lowest BCUT2D eigenvalue weighted by atomic mass is 9.77. The lowest BCUT2D eigenvalue weighted by molar-refractivity contribution is 0.816. The van der Waals surface area contributed by atoms with Crippen molar-refractivity contribution < 1.29 is 0 Å². The number of benzene rings is 16. The van der Waals surface area contributed by atoms with Crippen molar-refractivity contribution in [3.8, 4) is 62.4 Å². The first kappa shape index (κ1) is 55.0. The quantitative estimate of drug-likeness (QED) is 0.172. The van der Waals surface area contributed by atoms with Gasteiger partial charge >= 0.3 is 0 Å². The van der Waals surface area contributed by atoms with Gasteiger partial charge < -0.3 is 4.40 Å². The van der Waals surface area contributed by atoms with Crippen LogP contribution in [0.4, 0.5) is 0 Å². The molecule has 0 amide bonds. The van der Waals surface area contributed by atoms with Crippen LogP contribution in [0.25, 0.3) is 220 Å². The smallest absolute Gasteiger partial charge is 0.237 e. The molecule has 0 saturated carbocycles. The predicted molar refractivity (Wildman–Crippen MR) is 430 cm³/mol. The fraction of sp³-hybridized carbons (Fsp3) is 0.0208. The molecule has 0 radical (unpaired) electrons. The van der Waals surface area contributed by atoms with Crippen LogP contribution in [0.3, 0.4) is 0 Å². The average Bonchev–Trinajstić information content (AvgIpc) is 1.52. The lowest BCUT2D eigenvalue weighted by Crippen LogP contribution is -2.11. The highest BCUT2D eigenvalue weighted by Crippen LogP contribution is 2.58. The molecule has 1 atom stereocenters. The Labute approximate surface area is 592 Å². The molecule has 2 aliphatic carbocycles. The van der Waals surface area contributed by atoms with Gasteiger partial charge in [-0.3, -0.25) is 13.7 Å². The number of para-hydroxylation sites is 4. The Morgan fingerprint density at radius 3 is 1.69 bits per heavy atom. The van der Waals surface area contributed by atoms with Crippen molar-refractivity contribution in [2.45, 2.75) is 12.3 Å². The van der Waals surface area contributed by atoms with E-state index in [0.717, 1.165) is 95.0 Å². The van der Waals surface area contributed by atoms with Crippen molar-refractivity contribution in [2.75, 3.05) is 0 Å². The summed E-state index contributed by atoms with van der Waals surface area (Å²) in [5.41, 5.74) is 24.6.